The summed E-state index contributed by atoms with van der Waals surface area (Å²) in [5, 5.41) is 11.1. The minimum atomic E-state index is -0.964. The van der Waals surface area contributed by atoms with Gasteiger partial charge in [-0.2, -0.15) is 0 Å². The molecule has 1 aliphatic heterocycles. The minimum Gasteiger partial charge on any atom is -0.481 e. The first kappa shape index (κ1) is 8.74. The van der Waals surface area contributed by atoms with Crippen molar-refractivity contribution < 1.29 is 14.7 Å². The maximum Gasteiger partial charge on any atom is 0.304 e. The largest absolute Gasteiger partial charge is 0.481 e. The second kappa shape index (κ2) is 3.13. The molecule has 0 radical (unpaired) electrons. The minimum absolute atomic E-state index is 0.149. The van der Waals surface area contributed by atoms with E-state index < -0.39 is 11.9 Å². The summed E-state index contributed by atoms with van der Waals surface area (Å²) in [4.78, 5) is 25.7. The molecule has 2 N–H and O–H groups in total. The maximum absolute atomic E-state index is 11.4. The fourth-order valence-corrected chi connectivity index (χ4v) is 1.48. The summed E-state index contributed by atoms with van der Waals surface area (Å²) in [6, 6.07) is 0. The van der Waals surface area contributed by atoms with Gasteiger partial charge in [-0.25, -0.2) is 4.98 Å². The molecule has 1 aliphatic rings. The average molecular weight is 195 g/mol. The smallest absolute Gasteiger partial charge is 0.304 e. The first-order valence-electron chi connectivity index (χ1n) is 4.20. The molecule has 1 unspecified atom stereocenters. The molecule has 14 heavy (non-hydrogen) atoms. The van der Waals surface area contributed by atoms with Crippen LogP contribution in [0.4, 0.5) is 5.95 Å². The van der Waals surface area contributed by atoms with Gasteiger partial charge in [-0.1, -0.05) is 0 Å². The lowest BCUT2D eigenvalue weighted by Crippen LogP contribution is -2.34. The Morgan fingerprint density at radius 1 is 1.79 bits per heavy atom. The van der Waals surface area contributed by atoms with E-state index in [4.69, 9.17) is 5.11 Å². The molecule has 1 aromatic heterocycles. The summed E-state index contributed by atoms with van der Waals surface area (Å²) >= 11 is 0. The average Bonchev–Trinajstić information content (AvgIpc) is 2.51. The van der Waals surface area contributed by atoms with Crippen LogP contribution in [0.15, 0.2) is 12.4 Å². The molecule has 0 spiro atoms. The van der Waals surface area contributed by atoms with E-state index in [1.54, 1.807) is 17.0 Å². The Morgan fingerprint density at radius 2 is 2.57 bits per heavy atom. The van der Waals surface area contributed by atoms with Crippen molar-refractivity contribution in [2.45, 2.75) is 13.0 Å². The zero-order chi connectivity index (χ0) is 10.1. The van der Waals surface area contributed by atoms with Crippen molar-refractivity contribution in [1.29, 1.82) is 0 Å². The van der Waals surface area contributed by atoms with Gasteiger partial charge in [-0.3, -0.25) is 14.9 Å². The first-order chi connectivity index (χ1) is 6.66. The van der Waals surface area contributed by atoms with E-state index in [2.05, 4.69) is 10.3 Å². The van der Waals surface area contributed by atoms with Gasteiger partial charge in [0, 0.05) is 18.9 Å². The second-order valence-corrected chi connectivity index (χ2v) is 3.19. The zero-order valence-electron chi connectivity index (χ0n) is 7.30. The van der Waals surface area contributed by atoms with Crippen LogP contribution in [0, 0.1) is 5.92 Å². The van der Waals surface area contributed by atoms with Gasteiger partial charge in [-0.05, 0) is 0 Å². The highest BCUT2D eigenvalue weighted by Crippen LogP contribution is 2.18. The molecular formula is C8H9N3O3. The van der Waals surface area contributed by atoms with E-state index in [1.807, 2.05) is 0 Å². The Kier molecular flexibility index (Phi) is 1.95. The molecule has 2 rings (SSSR count). The fraction of sp³-hybridized carbons (Fsp3) is 0.375. The number of amides is 1. The third-order valence-corrected chi connectivity index (χ3v) is 2.16. The number of carbonyl (C=O) groups is 2. The van der Waals surface area contributed by atoms with Crippen molar-refractivity contribution >= 4 is 17.8 Å². The van der Waals surface area contributed by atoms with Crippen molar-refractivity contribution in [1.82, 2.24) is 9.55 Å². The van der Waals surface area contributed by atoms with E-state index in [9.17, 15) is 9.59 Å². The lowest BCUT2D eigenvalue weighted by atomic mass is 10.0. The van der Waals surface area contributed by atoms with E-state index >= 15 is 0 Å². The number of hydrogen-bond donors (Lipinski definition) is 2. The van der Waals surface area contributed by atoms with Crippen molar-refractivity contribution in [3.8, 4) is 0 Å². The molecular weight excluding hydrogens is 186 g/mol. The number of carbonyl (C=O) groups excluding carboxylic acids is 1. The highest BCUT2D eigenvalue weighted by atomic mass is 16.4. The molecule has 0 saturated heterocycles. The Hall–Kier alpha value is -1.85. The molecule has 6 nitrogen and oxygen atoms in total. The van der Waals surface area contributed by atoms with Crippen LogP contribution in [0.2, 0.25) is 0 Å². The van der Waals surface area contributed by atoms with Crippen LogP contribution in [0.3, 0.4) is 0 Å². The molecule has 74 valence electrons. The van der Waals surface area contributed by atoms with Crippen LogP contribution in [-0.4, -0.2) is 26.5 Å². The number of imidazole rings is 1. The zero-order valence-corrected chi connectivity index (χ0v) is 7.30. The molecule has 1 atom stereocenters. The standard InChI is InChI=1S/C8H9N3O3/c12-6(13)3-5-4-11-2-1-9-8(11)10-7(5)14/h1-2,5H,3-4H2,(H,12,13)(H,9,10,14). The summed E-state index contributed by atoms with van der Waals surface area (Å²) in [6.07, 6.45) is 3.13. The normalized spacial score (nSPS) is 20.0. The Morgan fingerprint density at radius 3 is 3.29 bits per heavy atom. The number of rotatable bonds is 2. The van der Waals surface area contributed by atoms with Gasteiger partial charge in [0.1, 0.15) is 0 Å². The fourth-order valence-electron chi connectivity index (χ4n) is 1.48. The summed E-state index contributed by atoms with van der Waals surface area (Å²) in [5.74, 6) is -1.26. The van der Waals surface area contributed by atoms with Gasteiger partial charge in [0.15, 0.2) is 0 Å². The summed E-state index contributed by atoms with van der Waals surface area (Å²) in [6.45, 7) is 0.382. The number of hydrogen-bond acceptors (Lipinski definition) is 3. The van der Waals surface area contributed by atoms with E-state index in [1.165, 1.54) is 0 Å². The van der Waals surface area contributed by atoms with Crippen LogP contribution in [-0.2, 0) is 16.1 Å². The first-order valence-corrected chi connectivity index (χ1v) is 4.20. The van der Waals surface area contributed by atoms with Gasteiger partial charge >= 0.3 is 5.97 Å². The highest BCUT2D eigenvalue weighted by Gasteiger charge is 2.28. The predicted molar refractivity (Wildman–Crippen MR) is 46.6 cm³/mol. The number of fused-ring (bicyclic) bond motifs is 1. The van der Waals surface area contributed by atoms with Gasteiger partial charge in [0.05, 0.1) is 12.3 Å². The van der Waals surface area contributed by atoms with Crippen molar-refractivity contribution in [2.75, 3.05) is 5.32 Å². The van der Waals surface area contributed by atoms with Gasteiger partial charge in [0.2, 0.25) is 11.9 Å². The molecule has 1 aromatic rings. The van der Waals surface area contributed by atoms with Gasteiger partial charge in [0.25, 0.3) is 0 Å². The predicted octanol–water partition coefficient (Wildman–Crippen LogP) is -0.0739. The molecule has 2 heterocycles. The Labute approximate surface area is 79.6 Å². The maximum atomic E-state index is 11.4. The highest BCUT2D eigenvalue weighted by molar-refractivity contribution is 5.94. The number of aromatic nitrogens is 2. The lowest BCUT2D eigenvalue weighted by molar-refractivity contribution is -0.140. The van der Waals surface area contributed by atoms with Crippen LogP contribution >= 0.6 is 0 Å². The number of nitrogens with one attached hydrogen (secondary N) is 1. The number of aliphatic carboxylic acids is 1. The van der Waals surface area contributed by atoms with Gasteiger partial charge in [-0.15, -0.1) is 0 Å². The molecule has 0 aromatic carbocycles. The molecule has 0 fully saturated rings. The summed E-state index contributed by atoms with van der Waals surface area (Å²) < 4.78 is 1.73. The molecule has 0 saturated carbocycles. The number of carboxylic acids is 1. The van der Waals surface area contributed by atoms with Crippen LogP contribution in [0.5, 0.6) is 0 Å². The van der Waals surface area contributed by atoms with Crippen molar-refractivity contribution in [3.63, 3.8) is 0 Å². The lowest BCUT2D eigenvalue weighted by Gasteiger charge is -2.21. The third kappa shape index (κ3) is 1.46. The van der Waals surface area contributed by atoms with Crippen LogP contribution in [0.25, 0.3) is 0 Å². The van der Waals surface area contributed by atoms with Crippen LogP contribution in [0.1, 0.15) is 6.42 Å². The van der Waals surface area contributed by atoms with E-state index in [0.717, 1.165) is 0 Å². The van der Waals surface area contributed by atoms with Crippen molar-refractivity contribution in [3.05, 3.63) is 12.4 Å². The Bertz CT molecular complexity index is 385. The van der Waals surface area contributed by atoms with E-state index in [-0.39, 0.29) is 12.3 Å². The molecule has 0 bridgehead atoms. The molecule has 0 aliphatic carbocycles. The van der Waals surface area contributed by atoms with Crippen molar-refractivity contribution in [2.24, 2.45) is 5.92 Å². The quantitative estimate of drug-likeness (QED) is 0.691. The SMILES string of the molecule is O=C(O)CC1Cn2ccnc2NC1=O. The number of anilines is 1. The third-order valence-electron chi connectivity index (χ3n) is 2.16. The number of nitrogens with zero attached hydrogens (tertiary/aromatic N) is 2. The number of carboxylic acid groups (broad SMARTS) is 1. The summed E-state index contributed by atoms with van der Waals surface area (Å²) in [5.41, 5.74) is 0. The van der Waals surface area contributed by atoms with E-state index in [0.29, 0.717) is 12.5 Å². The second-order valence-electron chi connectivity index (χ2n) is 3.19. The topological polar surface area (TPSA) is 84.2 Å². The van der Waals surface area contributed by atoms with Crippen LogP contribution < -0.4 is 5.32 Å². The van der Waals surface area contributed by atoms with Gasteiger partial charge < -0.3 is 9.67 Å². The molecule has 6 heteroatoms. The monoisotopic (exact) mass is 195 g/mol. The summed E-state index contributed by atoms with van der Waals surface area (Å²) in [7, 11) is 0. The molecule has 1 amide bonds. The Balaban J connectivity index is 2.17.